The highest BCUT2D eigenvalue weighted by Crippen LogP contribution is 2.18. The van der Waals surface area contributed by atoms with E-state index in [-0.39, 0.29) is 5.56 Å². The Balaban J connectivity index is 2.28. The van der Waals surface area contributed by atoms with Crippen LogP contribution in [0.1, 0.15) is 10.4 Å². The lowest BCUT2D eigenvalue weighted by Gasteiger charge is -2.07. The molecule has 6 heteroatoms. The molecular weight excluding hydrogens is 262 g/mol. The molecular formula is C13H7F4NO. The van der Waals surface area contributed by atoms with Crippen molar-refractivity contribution in [1.29, 1.82) is 0 Å². The zero-order valence-corrected chi connectivity index (χ0v) is 9.38. The minimum absolute atomic E-state index is 0.332. The van der Waals surface area contributed by atoms with Crippen molar-refractivity contribution in [2.45, 2.75) is 0 Å². The van der Waals surface area contributed by atoms with Gasteiger partial charge in [-0.25, -0.2) is 17.6 Å². The monoisotopic (exact) mass is 269 g/mol. The van der Waals surface area contributed by atoms with Gasteiger partial charge >= 0.3 is 0 Å². The highest BCUT2D eigenvalue weighted by molar-refractivity contribution is 6.04. The van der Waals surface area contributed by atoms with E-state index in [9.17, 15) is 22.4 Å². The van der Waals surface area contributed by atoms with E-state index in [2.05, 4.69) is 0 Å². The summed E-state index contributed by atoms with van der Waals surface area (Å²) in [5.74, 6) is -5.20. The van der Waals surface area contributed by atoms with E-state index in [0.29, 0.717) is 6.07 Å². The van der Waals surface area contributed by atoms with Gasteiger partial charge in [-0.1, -0.05) is 6.07 Å². The van der Waals surface area contributed by atoms with Crippen molar-refractivity contribution in [1.82, 2.24) is 0 Å². The third kappa shape index (κ3) is 2.90. The SMILES string of the molecule is O=C(Nc1cccc(F)c1F)c1cc(F)cc(F)c1. The summed E-state index contributed by atoms with van der Waals surface area (Å²) in [5.41, 5.74) is -0.740. The predicted molar refractivity (Wildman–Crippen MR) is 60.7 cm³/mol. The van der Waals surface area contributed by atoms with Gasteiger partial charge in [0, 0.05) is 11.6 Å². The quantitative estimate of drug-likeness (QED) is 0.831. The number of hydrogen-bond donors (Lipinski definition) is 1. The fourth-order valence-electron chi connectivity index (χ4n) is 1.48. The lowest BCUT2D eigenvalue weighted by Crippen LogP contribution is -2.14. The Kier molecular flexibility index (Phi) is 3.50. The number of carbonyl (C=O) groups is 1. The van der Waals surface area contributed by atoms with Crippen LogP contribution < -0.4 is 5.32 Å². The van der Waals surface area contributed by atoms with Crippen LogP contribution in [0.3, 0.4) is 0 Å². The Morgan fingerprint density at radius 2 is 1.58 bits per heavy atom. The first-order valence-electron chi connectivity index (χ1n) is 5.19. The number of amides is 1. The molecule has 0 fully saturated rings. The maximum Gasteiger partial charge on any atom is 0.255 e. The number of halogens is 4. The third-order valence-electron chi connectivity index (χ3n) is 2.32. The Morgan fingerprint density at radius 1 is 0.947 bits per heavy atom. The second-order valence-electron chi connectivity index (χ2n) is 3.71. The van der Waals surface area contributed by atoms with E-state index in [1.807, 2.05) is 5.32 Å². The van der Waals surface area contributed by atoms with Crippen LogP contribution in [0.25, 0.3) is 0 Å². The van der Waals surface area contributed by atoms with Crippen molar-refractivity contribution >= 4 is 11.6 Å². The summed E-state index contributed by atoms with van der Waals surface area (Å²) in [4.78, 5) is 11.6. The zero-order valence-electron chi connectivity index (χ0n) is 9.38. The molecule has 0 saturated heterocycles. The Morgan fingerprint density at radius 3 is 2.21 bits per heavy atom. The van der Waals surface area contributed by atoms with Gasteiger partial charge in [-0.05, 0) is 24.3 Å². The Bertz CT molecular complexity index is 622. The first kappa shape index (κ1) is 13.1. The fraction of sp³-hybridized carbons (Fsp3) is 0. The average molecular weight is 269 g/mol. The maximum atomic E-state index is 13.3. The number of anilines is 1. The van der Waals surface area contributed by atoms with Crippen molar-refractivity contribution < 1.29 is 22.4 Å². The molecule has 19 heavy (non-hydrogen) atoms. The van der Waals surface area contributed by atoms with Crippen LogP contribution in [-0.4, -0.2) is 5.91 Å². The second-order valence-corrected chi connectivity index (χ2v) is 3.71. The van der Waals surface area contributed by atoms with Crippen LogP contribution in [-0.2, 0) is 0 Å². The molecule has 0 aliphatic carbocycles. The first-order chi connectivity index (χ1) is 8.97. The molecule has 0 saturated carbocycles. The van der Waals surface area contributed by atoms with Gasteiger partial charge < -0.3 is 5.32 Å². The smallest absolute Gasteiger partial charge is 0.255 e. The van der Waals surface area contributed by atoms with E-state index in [0.717, 1.165) is 24.3 Å². The van der Waals surface area contributed by atoms with Crippen molar-refractivity contribution in [2.75, 3.05) is 5.32 Å². The molecule has 0 aliphatic rings. The van der Waals surface area contributed by atoms with E-state index >= 15 is 0 Å². The van der Waals surface area contributed by atoms with Crippen LogP contribution in [0.2, 0.25) is 0 Å². The summed E-state index contributed by atoms with van der Waals surface area (Å²) >= 11 is 0. The molecule has 1 amide bonds. The Hall–Kier alpha value is -2.37. The molecule has 0 aliphatic heterocycles. The number of carbonyl (C=O) groups excluding carboxylic acids is 1. The van der Waals surface area contributed by atoms with Gasteiger partial charge in [0.25, 0.3) is 5.91 Å². The number of nitrogens with one attached hydrogen (secondary N) is 1. The summed E-state index contributed by atoms with van der Waals surface area (Å²) in [6.45, 7) is 0. The molecule has 2 aromatic rings. The van der Waals surface area contributed by atoms with Crippen molar-refractivity contribution in [3.63, 3.8) is 0 Å². The van der Waals surface area contributed by atoms with Gasteiger partial charge in [-0.15, -0.1) is 0 Å². The molecule has 0 spiro atoms. The highest BCUT2D eigenvalue weighted by Gasteiger charge is 2.13. The molecule has 0 heterocycles. The lowest BCUT2D eigenvalue weighted by atomic mass is 10.2. The minimum atomic E-state index is -1.24. The van der Waals surface area contributed by atoms with Crippen molar-refractivity contribution in [3.8, 4) is 0 Å². The molecule has 0 atom stereocenters. The fourth-order valence-corrected chi connectivity index (χ4v) is 1.48. The molecule has 2 aromatic carbocycles. The molecule has 0 unspecified atom stereocenters. The minimum Gasteiger partial charge on any atom is -0.319 e. The third-order valence-corrected chi connectivity index (χ3v) is 2.32. The summed E-state index contributed by atoms with van der Waals surface area (Å²) in [6.07, 6.45) is 0. The largest absolute Gasteiger partial charge is 0.319 e. The zero-order chi connectivity index (χ0) is 14.0. The summed E-state index contributed by atoms with van der Waals surface area (Å²) in [5, 5.41) is 2.03. The molecule has 2 nitrogen and oxygen atoms in total. The Labute approximate surface area is 105 Å². The topological polar surface area (TPSA) is 29.1 Å². The van der Waals surface area contributed by atoms with Crippen LogP contribution >= 0.6 is 0 Å². The maximum absolute atomic E-state index is 13.3. The van der Waals surface area contributed by atoms with Crippen molar-refractivity contribution in [2.24, 2.45) is 0 Å². The molecule has 98 valence electrons. The number of hydrogen-bond acceptors (Lipinski definition) is 1. The first-order valence-corrected chi connectivity index (χ1v) is 5.19. The lowest BCUT2D eigenvalue weighted by molar-refractivity contribution is 0.102. The molecule has 0 aromatic heterocycles. The van der Waals surface area contributed by atoms with Crippen LogP contribution in [0.5, 0.6) is 0 Å². The number of rotatable bonds is 2. The van der Waals surface area contributed by atoms with Crippen LogP contribution in [0.4, 0.5) is 23.2 Å². The number of benzene rings is 2. The molecule has 1 N–H and O–H groups in total. The van der Waals surface area contributed by atoms with E-state index in [1.165, 1.54) is 6.07 Å². The summed E-state index contributed by atoms with van der Waals surface area (Å²) < 4.78 is 52.0. The highest BCUT2D eigenvalue weighted by atomic mass is 19.2. The average Bonchev–Trinajstić information content (AvgIpc) is 2.33. The molecule has 0 radical (unpaired) electrons. The van der Waals surface area contributed by atoms with E-state index < -0.39 is 34.9 Å². The molecule has 2 rings (SSSR count). The van der Waals surface area contributed by atoms with Crippen LogP contribution in [0, 0.1) is 23.3 Å². The molecule has 0 bridgehead atoms. The predicted octanol–water partition coefficient (Wildman–Crippen LogP) is 3.50. The van der Waals surface area contributed by atoms with E-state index in [4.69, 9.17) is 0 Å². The normalized spacial score (nSPS) is 10.3. The van der Waals surface area contributed by atoms with Gasteiger partial charge in [-0.2, -0.15) is 0 Å². The van der Waals surface area contributed by atoms with E-state index in [1.54, 1.807) is 0 Å². The second kappa shape index (κ2) is 5.09. The van der Waals surface area contributed by atoms with Gasteiger partial charge in [0.15, 0.2) is 11.6 Å². The van der Waals surface area contributed by atoms with Crippen LogP contribution in [0.15, 0.2) is 36.4 Å². The van der Waals surface area contributed by atoms with Gasteiger partial charge in [0.05, 0.1) is 5.69 Å². The van der Waals surface area contributed by atoms with Gasteiger partial charge in [0.2, 0.25) is 0 Å². The summed E-state index contributed by atoms with van der Waals surface area (Å²) in [6, 6.07) is 5.38. The van der Waals surface area contributed by atoms with Gasteiger partial charge in [-0.3, -0.25) is 4.79 Å². The van der Waals surface area contributed by atoms with Gasteiger partial charge in [0.1, 0.15) is 11.6 Å². The standard InChI is InChI=1S/C13H7F4NO/c14-8-4-7(5-9(15)6-8)13(19)18-11-3-1-2-10(16)12(11)17/h1-6H,(H,18,19). The summed E-state index contributed by atoms with van der Waals surface area (Å²) in [7, 11) is 0. The van der Waals surface area contributed by atoms with Crippen molar-refractivity contribution in [3.05, 3.63) is 65.2 Å².